The molecule has 0 saturated carbocycles. The Balaban J connectivity index is 0. The SMILES string of the molecule is N.O=S(=O)(O)C(F)(F)C(F)(F)C(F)(F)C(F)(F)C(F)(F)C(F)CCCC(F)(F)F. The number of hydrogen-bond donors (Lipinski definition) is 2. The van der Waals surface area contributed by atoms with Crippen LogP contribution >= 0.6 is 0 Å². The Morgan fingerprint density at radius 1 is 0.724 bits per heavy atom. The van der Waals surface area contributed by atoms with Crippen molar-refractivity contribution >= 4 is 10.1 Å². The van der Waals surface area contributed by atoms with E-state index in [2.05, 4.69) is 0 Å². The first-order valence-corrected chi connectivity index (χ1v) is 7.89. The molecule has 178 valence electrons. The zero-order valence-corrected chi connectivity index (χ0v) is 14.2. The van der Waals surface area contributed by atoms with Crippen molar-refractivity contribution in [2.24, 2.45) is 0 Å². The molecule has 4 N–H and O–H groups in total. The van der Waals surface area contributed by atoms with Crippen LogP contribution in [-0.4, -0.2) is 54.3 Å². The quantitative estimate of drug-likeness (QED) is 0.341. The van der Waals surface area contributed by atoms with Crippen LogP contribution in [0, 0.1) is 0 Å². The average Bonchev–Trinajstić information content (AvgIpc) is 2.43. The minimum atomic E-state index is -7.99. The third kappa shape index (κ3) is 5.15. The summed E-state index contributed by atoms with van der Waals surface area (Å²) in [5, 5.41) is -7.43. The summed E-state index contributed by atoms with van der Waals surface area (Å²) < 4.78 is 208. The molecule has 0 rings (SSSR count). The minimum Gasteiger partial charge on any atom is -0.344 e. The monoisotopic (exact) mass is 491 g/mol. The lowest BCUT2D eigenvalue weighted by molar-refractivity contribution is -0.397. The molecule has 1 unspecified atom stereocenters. The molecule has 19 heteroatoms. The highest BCUT2D eigenvalue weighted by Crippen LogP contribution is 2.59. The molecule has 0 aromatic rings. The van der Waals surface area contributed by atoms with E-state index in [0.29, 0.717) is 0 Å². The van der Waals surface area contributed by atoms with E-state index in [1.54, 1.807) is 0 Å². The van der Waals surface area contributed by atoms with Gasteiger partial charge < -0.3 is 6.15 Å². The standard InChI is InChI=1S/C10H8F14O3S.H3N/c11-4(2-1-3-5(12,13)14)6(15,16)7(17,18)8(19,20)9(21,22)10(23,24)28(25,26)27;/h4H,1-3H2,(H,25,26,27);1H3. The Bertz CT molecular complexity index is 659. The van der Waals surface area contributed by atoms with Crippen LogP contribution < -0.4 is 6.15 Å². The summed E-state index contributed by atoms with van der Waals surface area (Å²) in [5.74, 6) is -30.6. The van der Waals surface area contributed by atoms with Gasteiger partial charge in [0.25, 0.3) is 0 Å². The molecule has 0 aromatic carbocycles. The van der Waals surface area contributed by atoms with E-state index in [1.165, 1.54) is 0 Å². The van der Waals surface area contributed by atoms with Crippen molar-refractivity contribution in [3.05, 3.63) is 0 Å². The molecule has 0 aromatic heterocycles. The topological polar surface area (TPSA) is 89.4 Å². The fourth-order valence-electron chi connectivity index (χ4n) is 1.61. The van der Waals surface area contributed by atoms with Crippen molar-refractivity contribution in [1.82, 2.24) is 6.15 Å². The Kier molecular flexibility index (Phi) is 8.50. The molecule has 29 heavy (non-hydrogen) atoms. The Labute approximate surface area is 152 Å². The summed E-state index contributed by atoms with van der Waals surface area (Å²) in [7, 11) is -7.56. The first-order chi connectivity index (χ1) is 11.9. The zero-order chi connectivity index (χ0) is 23.2. The van der Waals surface area contributed by atoms with Crippen LogP contribution in [0.5, 0.6) is 0 Å². The van der Waals surface area contributed by atoms with Gasteiger partial charge in [0, 0.05) is 6.42 Å². The molecule has 4 nitrogen and oxygen atoms in total. The maximum absolute atomic E-state index is 13.3. The van der Waals surface area contributed by atoms with Gasteiger partial charge in [-0.25, -0.2) is 4.39 Å². The van der Waals surface area contributed by atoms with E-state index in [1.807, 2.05) is 0 Å². The molecule has 0 spiro atoms. The van der Waals surface area contributed by atoms with Crippen LogP contribution in [0.4, 0.5) is 61.5 Å². The Morgan fingerprint density at radius 3 is 1.41 bits per heavy atom. The summed E-state index contributed by atoms with van der Waals surface area (Å²) in [5.41, 5.74) is 0. The maximum Gasteiger partial charge on any atom is 0.438 e. The summed E-state index contributed by atoms with van der Waals surface area (Å²) in [6, 6.07) is 0. The molecular formula is C10H11F14NO3S. The first kappa shape index (κ1) is 30.1. The van der Waals surface area contributed by atoms with Crippen molar-refractivity contribution in [2.45, 2.75) is 60.6 Å². The van der Waals surface area contributed by atoms with E-state index in [4.69, 9.17) is 4.55 Å². The van der Waals surface area contributed by atoms with Gasteiger partial charge in [-0.05, 0) is 12.8 Å². The molecule has 0 bridgehead atoms. The van der Waals surface area contributed by atoms with Gasteiger partial charge in [-0.3, -0.25) is 4.55 Å². The lowest BCUT2D eigenvalue weighted by Gasteiger charge is -2.39. The molecular weight excluding hydrogens is 480 g/mol. The largest absolute Gasteiger partial charge is 0.438 e. The smallest absolute Gasteiger partial charge is 0.344 e. The fourth-order valence-corrected chi connectivity index (χ4v) is 2.06. The van der Waals surface area contributed by atoms with Crippen LogP contribution in [0.1, 0.15) is 19.3 Å². The highest BCUT2D eigenvalue weighted by molar-refractivity contribution is 7.87. The molecule has 0 aliphatic rings. The minimum absolute atomic E-state index is 0. The van der Waals surface area contributed by atoms with Crippen molar-refractivity contribution in [3.8, 4) is 0 Å². The van der Waals surface area contributed by atoms with E-state index >= 15 is 0 Å². The molecule has 1 atom stereocenters. The lowest BCUT2D eigenvalue weighted by atomic mass is 9.93. The molecule has 0 aliphatic carbocycles. The van der Waals surface area contributed by atoms with Crippen LogP contribution in [0.25, 0.3) is 0 Å². The van der Waals surface area contributed by atoms with E-state index in [9.17, 15) is 69.9 Å². The second-order valence-electron chi connectivity index (χ2n) is 5.31. The molecule has 0 radical (unpaired) electrons. The number of alkyl halides is 14. The second kappa shape index (κ2) is 8.20. The average molecular weight is 491 g/mol. The highest BCUT2D eigenvalue weighted by Gasteiger charge is 2.89. The first-order valence-electron chi connectivity index (χ1n) is 6.45. The number of rotatable bonds is 9. The van der Waals surface area contributed by atoms with E-state index in [-0.39, 0.29) is 6.15 Å². The third-order valence-corrected chi connectivity index (χ3v) is 4.11. The second-order valence-corrected chi connectivity index (χ2v) is 6.78. The van der Waals surface area contributed by atoms with Gasteiger partial charge in [-0.15, -0.1) is 0 Å². The van der Waals surface area contributed by atoms with Gasteiger partial charge in [0.2, 0.25) is 0 Å². The Hall–Kier alpha value is -1.11. The van der Waals surface area contributed by atoms with Crippen LogP contribution in [0.15, 0.2) is 0 Å². The molecule has 0 heterocycles. The summed E-state index contributed by atoms with van der Waals surface area (Å²) >= 11 is 0. The van der Waals surface area contributed by atoms with Gasteiger partial charge in [0.1, 0.15) is 0 Å². The predicted octanol–water partition coefficient (Wildman–Crippen LogP) is 5.24. The van der Waals surface area contributed by atoms with Gasteiger partial charge in [-0.2, -0.15) is 65.5 Å². The van der Waals surface area contributed by atoms with Crippen molar-refractivity contribution < 1.29 is 74.4 Å². The molecule has 0 saturated heterocycles. The van der Waals surface area contributed by atoms with Gasteiger partial charge in [0.05, 0.1) is 0 Å². The normalized spacial score (nSPS) is 16.4. The van der Waals surface area contributed by atoms with Gasteiger partial charge in [0.15, 0.2) is 6.17 Å². The Morgan fingerprint density at radius 2 is 1.10 bits per heavy atom. The predicted molar refractivity (Wildman–Crippen MR) is 66.1 cm³/mol. The van der Waals surface area contributed by atoms with Crippen LogP contribution in [0.3, 0.4) is 0 Å². The molecule has 0 amide bonds. The summed E-state index contributed by atoms with van der Waals surface area (Å²) in [4.78, 5) is 0. The molecule has 0 fully saturated rings. The van der Waals surface area contributed by atoms with Gasteiger partial charge >= 0.3 is 45.2 Å². The fraction of sp³-hybridized carbons (Fsp3) is 1.00. The zero-order valence-electron chi connectivity index (χ0n) is 13.4. The van der Waals surface area contributed by atoms with Crippen LogP contribution in [0.2, 0.25) is 0 Å². The van der Waals surface area contributed by atoms with Crippen molar-refractivity contribution in [1.29, 1.82) is 0 Å². The maximum atomic E-state index is 13.3. The summed E-state index contributed by atoms with van der Waals surface area (Å²) in [6.45, 7) is 0. The van der Waals surface area contributed by atoms with Crippen LogP contribution in [-0.2, 0) is 10.1 Å². The third-order valence-electron chi connectivity index (χ3n) is 3.21. The van der Waals surface area contributed by atoms with E-state index < -0.39 is 70.7 Å². The van der Waals surface area contributed by atoms with Crippen molar-refractivity contribution in [3.63, 3.8) is 0 Å². The molecule has 0 aliphatic heterocycles. The van der Waals surface area contributed by atoms with Crippen molar-refractivity contribution in [2.75, 3.05) is 0 Å². The highest BCUT2D eigenvalue weighted by atomic mass is 32.2. The van der Waals surface area contributed by atoms with Gasteiger partial charge in [-0.1, -0.05) is 0 Å². The number of halogens is 14. The van der Waals surface area contributed by atoms with E-state index in [0.717, 1.165) is 0 Å². The number of hydrogen-bond acceptors (Lipinski definition) is 3. The lowest BCUT2D eigenvalue weighted by Crippen LogP contribution is -2.70. The summed E-state index contributed by atoms with van der Waals surface area (Å²) in [6.07, 6.45) is -15.8.